The lowest BCUT2D eigenvalue weighted by Gasteiger charge is -2.03. The van der Waals surface area contributed by atoms with E-state index < -0.39 is 0 Å². The molecule has 4 heteroatoms. The predicted molar refractivity (Wildman–Crippen MR) is 56.1 cm³/mol. The Bertz CT molecular complexity index is 228. The van der Waals surface area contributed by atoms with Crippen molar-refractivity contribution in [2.75, 3.05) is 18.5 Å². The van der Waals surface area contributed by atoms with Gasteiger partial charge in [-0.3, -0.25) is 0 Å². The summed E-state index contributed by atoms with van der Waals surface area (Å²) in [6.45, 7) is 1.22. The number of aliphatic hydroxyl groups excluding tert-OH is 1. The van der Waals surface area contributed by atoms with Crippen LogP contribution in [-0.2, 0) is 0 Å². The van der Waals surface area contributed by atoms with Crippen LogP contribution in [0.2, 0.25) is 0 Å². The fraction of sp³-hybridized carbons (Fsp3) is 0.600. The van der Waals surface area contributed by atoms with Gasteiger partial charge >= 0.3 is 0 Å². The Balaban J connectivity index is 1.99. The van der Waals surface area contributed by atoms with Crippen LogP contribution in [0.25, 0.3) is 0 Å². The number of hydrogen-bond donors (Lipinski definition) is 2. The number of hydrogen-bond acceptors (Lipinski definition) is 4. The van der Waals surface area contributed by atoms with Crippen molar-refractivity contribution in [1.82, 2.24) is 10.2 Å². The van der Waals surface area contributed by atoms with Crippen molar-refractivity contribution in [2.24, 2.45) is 0 Å². The van der Waals surface area contributed by atoms with E-state index in [0.29, 0.717) is 6.61 Å². The lowest BCUT2D eigenvalue weighted by molar-refractivity contribution is 0.283. The first-order valence-corrected chi connectivity index (χ1v) is 5.06. The molecule has 14 heavy (non-hydrogen) atoms. The number of aromatic nitrogens is 2. The summed E-state index contributed by atoms with van der Waals surface area (Å²) < 4.78 is 0. The molecule has 1 aromatic heterocycles. The topological polar surface area (TPSA) is 58.0 Å². The molecule has 2 N–H and O–H groups in total. The average Bonchev–Trinajstić information content (AvgIpc) is 2.25. The molecule has 78 valence electrons. The van der Waals surface area contributed by atoms with Crippen LogP contribution in [0.3, 0.4) is 0 Å². The molecule has 0 unspecified atom stereocenters. The summed E-state index contributed by atoms with van der Waals surface area (Å²) in [6, 6.07) is 3.77. The third kappa shape index (κ3) is 4.77. The zero-order valence-electron chi connectivity index (χ0n) is 8.32. The Labute approximate surface area is 84.4 Å². The summed E-state index contributed by atoms with van der Waals surface area (Å²) in [5.41, 5.74) is 0. The highest BCUT2D eigenvalue weighted by Crippen LogP contribution is 2.01. The predicted octanol–water partition coefficient (Wildman–Crippen LogP) is 1.44. The Kier molecular flexibility index (Phi) is 5.66. The van der Waals surface area contributed by atoms with E-state index in [1.165, 1.54) is 0 Å². The second kappa shape index (κ2) is 7.26. The summed E-state index contributed by atoms with van der Waals surface area (Å²) in [7, 11) is 0. The smallest absolute Gasteiger partial charge is 0.148 e. The van der Waals surface area contributed by atoms with Gasteiger partial charge < -0.3 is 10.4 Å². The molecule has 0 radical (unpaired) electrons. The number of anilines is 1. The van der Waals surface area contributed by atoms with Crippen molar-refractivity contribution in [3.8, 4) is 0 Å². The molecular formula is C10H17N3O. The highest BCUT2D eigenvalue weighted by molar-refractivity contribution is 5.30. The van der Waals surface area contributed by atoms with Gasteiger partial charge in [0.05, 0.1) is 0 Å². The Morgan fingerprint density at radius 2 is 2.07 bits per heavy atom. The normalized spacial score (nSPS) is 10.1. The third-order valence-electron chi connectivity index (χ3n) is 1.96. The Morgan fingerprint density at radius 3 is 2.79 bits per heavy atom. The van der Waals surface area contributed by atoms with E-state index in [-0.39, 0.29) is 0 Å². The van der Waals surface area contributed by atoms with Gasteiger partial charge in [-0.05, 0) is 25.0 Å². The first-order valence-electron chi connectivity index (χ1n) is 5.06. The maximum atomic E-state index is 8.57. The van der Waals surface area contributed by atoms with Gasteiger partial charge in [0.15, 0.2) is 0 Å². The molecule has 0 saturated heterocycles. The van der Waals surface area contributed by atoms with Gasteiger partial charge in [0.1, 0.15) is 5.82 Å². The first kappa shape index (κ1) is 10.9. The maximum Gasteiger partial charge on any atom is 0.148 e. The summed E-state index contributed by atoms with van der Waals surface area (Å²) in [4.78, 5) is 0. The molecule has 1 heterocycles. The molecule has 1 aromatic rings. The summed E-state index contributed by atoms with van der Waals surface area (Å²) in [5.74, 6) is 0.828. The fourth-order valence-electron chi connectivity index (χ4n) is 1.20. The Hall–Kier alpha value is -1.16. The van der Waals surface area contributed by atoms with Crippen LogP contribution in [0, 0.1) is 0 Å². The van der Waals surface area contributed by atoms with Gasteiger partial charge in [0.2, 0.25) is 0 Å². The molecule has 4 nitrogen and oxygen atoms in total. The van der Waals surface area contributed by atoms with Crippen molar-refractivity contribution in [3.63, 3.8) is 0 Å². The number of aliphatic hydroxyl groups is 1. The van der Waals surface area contributed by atoms with E-state index in [1.807, 2.05) is 12.1 Å². The standard InChI is InChI=1S/C10H17N3O/c14-9-4-2-1-3-7-11-10-6-5-8-12-13-10/h5-6,8,14H,1-4,7,9H2,(H,11,13). The average molecular weight is 195 g/mol. The van der Waals surface area contributed by atoms with Gasteiger partial charge in [-0.2, -0.15) is 5.10 Å². The van der Waals surface area contributed by atoms with Gasteiger partial charge in [-0.25, -0.2) is 0 Å². The van der Waals surface area contributed by atoms with Gasteiger partial charge in [-0.1, -0.05) is 12.8 Å². The molecular weight excluding hydrogens is 178 g/mol. The van der Waals surface area contributed by atoms with E-state index in [1.54, 1.807) is 6.20 Å². The van der Waals surface area contributed by atoms with Crippen molar-refractivity contribution in [3.05, 3.63) is 18.3 Å². The summed E-state index contributed by atoms with van der Waals surface area (Å²) >= 11 is 0. The van der Waals surface area contributed by atoms with Crippen LogP contribution < -0.4 is 5.32 Å². The highest BCUT2D eigenvalue weighted by atomic mass is 16.2. The highest BCUT2D eigenvalue weighted by Gasteiger charge is 1.92. The van der Waals surface area contributed by atoms with Crippen molar-refractivity contribution in [1.29, 1.82) is 0 Å². The van der Waals surface area contributed by atoms with Crippen LogP contribution in [0.5, 0.6) is 0 Å². The lowest BCUT2D eigenvalue weighted by Crippen LogP contribution is -2.03. The Morgan fingerprint density at radius 1 is 1.21 bits per heavy atom. The van der Waals surface area contributed by atoms with Crippen LogP contribution in [0.15, 0.2) is 18.3 Å². The number of unbranched alkanes of at least 4 members (excludes halogenated alkanes) is 3. The molecule has 0 aliphatic heterocycles. The number of nitrogens with zero attached hydrogens (tertiary/aromatic N) is 2. The van der Waals surface area contributed by atoms with Crippen molar-refractivity contribution < 1.29 is 5.11 Å². The molecule has 0 fully saturated rings. The molecule has 0 aliphatic rings. The van der Waals surface area contributed by atoms with E-state index in [2.05, 4.69) is 15.5 Å². The molecule has 0 spiro atoms. The van der Waals surface area contributed by atoms with Crippen molar-refractivity contribution in [2.45, 2.75) is 25.7 Å². The summed E-state index contributed by atoms with van der Waals surface area (Å²) in [6.07, 6.45) is 5.92. The number of rotatable bonds is 7. The zero-order valence-corrected chi connectivity index (χ0v) is 8.32. The van der Waals surface area contributed by atoms with Gasteiger partial charge in [-0.15, -0.1) is 5.10 Å². The van der Waals surface area contributed by atoms with Crippen LogP contribution in [-0.4, -0.2) is 28.5 Å². The second-order valence-corrected chi connectivity index (χ2v) is 3.17. The molecule has 1 rings (SSSR count). The van der Waals surface area contributed by atoms with E-state index in [9.17, 15) is 0 Å². The first-order chi connectivity index (χ1) is 6.93. The van der Waals surface area contributed by atoms with E-state index >= 15 is 0 Å². The minimum atomic E-state index is 0.303. The SMILES string of the molecule is OCCCCCCNc1cccnn1. The molecule has 0 saturated carbocycles. The third-order valence-corrected chi connectivity index (χ3v) is 1.96. The minimum absolute atomic E-state index is 0.303. The monoisotopic (exact) mass is 195 g/mol. The summed E-state index contributed by atoms with van der Waals surface area (Å²) in [5, 5.41) is 19.4. The van der Waals surface area contributed by atoms with E-state index in [4.69, 9.17) is 5.11 Å². The largest absolute Gasteiger partial charge is 0.396 e. The molecule has 0 amide bonds. The van der Waals surface area contributed by atoms with Crippen LogP contribution in [0.1, 0.15) is 25.7 Å². The zero-order chi connectivity index (χ0) is 10.1. The molecule has 0 aromatic carbocycles. The van der Waals surface area contributed by atoms with E-state index in [0.717, 1.165) is 38.0 Å². The molecule has 0 aliphatic carbocycles. The van der Waals surface area contributed by atoms with Gasteiger partial charge in [0, 0.05) is 19.3 Å². The minimum Gasteiger partial charge on any atom is -0.396 e. The molecule has 0 atom stereocenters. The van der Waals surface area contributed by atoms with Crippen LogP contribution >= 0.6 is 0 Å². The lowest BCUT2D eigenvalue weighted by atomic mass is 10.2. The maximum absolute atomic E-state index is 8.57. The fourth-order valence-corrected chi connectivity index (χ4v) is 1.20. The van der Waals surface area contributed by atoms with Crippen molar-refractivity contribution >= 4 is 5.82 Å². The quantitative estimate of drug-likeness (QED) is 0.646. The molecule has 0 bridgehead atoms. The van der Waals surface area contributed by atoms with Crippen LogP contribution in [0.4, 0.5) is 5.82 Å². The number of nitrogens with one attached hydrogen (secondary N) is 1. The second-order valence-electron chi connectivity index (χ2n) is 3.17. The van der Waals surface area contributed by atoms with Gasteiger partial charge in [0.25, 0.3) is 0 Å².